The predicted molar refractivity (Wildman–Crippen MR) is 201 cm³/mol. The first kappa shape index (κ1) is 26.4. The molecule has 0 saturated heterocycles. The van der Waals surface area contributed by atoms with Gasteiger partial charge in [-0.1, -0.05) is 122 Å². The summed E-state index contributed by atoms with van der Waals surface area (Å²) in [6.45, 7) is 2.31. The maximum Gasteiger partial charge on any atom is 0.0585 e. The number of hydrogen-bond donors (Lipinski definition) is 0. The smallest absolute Gasteiger partial charge is 0.0585 e. The zero-order valence-corrected chi connectivity index (χ0v) is 26.1. The lowest BCUT2D eigenvalue weighted by molar-refractivity contribution is 0.510. The van der Waals surface area contributed by atoms with E-state index >= 15 is 0 Å². The zero-order valence-electron chi connectivity index (χ0n) is 26.1. The maximum absolute atomic E-state index is 2.53. The first-order valence-corrected chi connectivity index (χ1v) is 16.6. The molecule has 2 aromatic heterocycles. The van der Waals surface area contributed by atoms with Crippen LogP contribution in [0.2, 0.25) is 0 Å². The van der Waals surface area contributed by atoms with Gasteiger partial charge in [0, 0.05) is 38.3 Å². The Morgan fingerprint density at radius 2 is 1.00 bits per heavy atom. The highest BCUT2D eigenvalue weighted by Gasteiger charge is 2.22. The van der Waals surface area contributed by atoms with Crippen molar-refractivity contribution in [3.8, 4) is 16.8 Å². The van der Waals surface area contributed by atoms with Crippen LogP contribution in [0.15, 0.2) is 164 Å². The summed E-state index contributed by atoms with van der Waals surface area (Å²) < 4.78 is 4.95. The van der Waals surface area contributed by atoms with Gasteiger partial charge in [0.1, 0.15) is 0 Å². The van der Waals surface area contributed by atoms with Crippen molar-refractivity contribution < 1.29 is 0 Å². The van der Waals surface area contributed by atoms with E-state index in [4.69, 9.17) is 0 Å². The summed E-state index contributed by atoms with van der Waals surface area (Å²) >= 11 is 0. The van der Waals surface area contributed by atoms with Gasteiger partial charge in [0.25, 0.3) is 0 Å². The van der Waals surface area contributed by atoms with Gasteiger partial charge in [0.2, 0.25) is 0 Å². The van der Waals surface area contributed by atoms with Gasteiger partial charge >= 0.3 is 0 Å². The fourth-order valence-corrected chi connectivity index (χ4v) is 8.10. The molecule has 2 heteroatoms. The van der Waals surface area contributed by atoms with E-state index in [1.165, 1.54) is 82.0 Å². The SMILES string of the molecule is CC1C=CC=CC1n1c2ccccc2c2cc(-c3ccc4c(c3)c3ccccc3n4-c3ccc4c(ccc5ccccc54)c3)ccc21. The first-order valence-electron chi connectivity index (χ1n) is 16.6. The molecule has 0 saturated carbocycles. The number of para-hydroxylation sites is 2. The predicted octanol–water partition coefficient (Wildman–Crippen LogP) is 12.2. The van der Waals surface area contributed by atoms with E-state index in [1.807, 2.05) is 0 Å². The number of nitrogens with zero attached hydrogens (tertiary/aromatic N) is 2. The van der Waals surface area contributed by atoms with Crippen LogP contribution in [0.4, 0.5) is 0 Å². The molecule has 9 aromatic rings. The largest absolute Gasteiger partial charge is 0.333 e. The molecule has 0 bridgehead atoms. The van der Waals surface area contributed by atoms with E-state index in [-0.39, 0.29) is 0 Å². The Bertz CT molecular complexity index is 2770. The van der Waals surface area contributed by atoms with Gasteiger partial charge < -0.3 is 9.13 Å². The molecule has 0 N–H and O–H groups in total. The lowest BCUT2D eigenvalue weighted by Crippen LogP contribution is -2.15. The fourth-order valence-electron chi connectivity index (χ4n) is 8.10. The maximum atomic E-state index is 2.53. The number of benzene rings is 7. The summed E-state index contributed by atoms with van der Waals surface area (Å²) in [5.74, 6) is 0.431. The summed E-state index contributed by atoms with van der Waals surface area (Å²) in [5.41, 5.74) is 8.68. The summed E-state index contributed by atoms with van der Waals surface area (Å²) in [5, 5.41) is 10.3. The number of hydrogen-bond acceptors (Lipinski definition) is 0. The second-order valence-electron chi connectivity index (χ2n) is 13.0. The van der Waals surface area contributed by atoms with Crippen LogP contribution in [0.5, 0.6) is 0 Å². The van der Waals surface area contributed by atoms with Crippen LogP contribution >= 0.6 is 0 Å². The van der Waals surface area contributed by atoms with Crippen LogP contribution in [-0.2, 0) is 0 Å². The standard InChI is InChI=1S/C45H32N2/c1-29-10-2-7-15-41(29)47-43-17-9-6-14-38(43)40-28-32(21-25-45(40)47)31-20-24-44-39(27-31)37-13-5-8-16-42(37)46(44)34-22-23-36-33(26-34)19-18-30-11-3-4-12-35(30)36/h2-29,41H,1H3. The highest BCUT2D eigenvalue weighted by molar-refractivity contribution is 6.13. The molecule has 0 amide bonds. The molecule has 1 aliphatic rings. The number of allylic oxidation sites excluding steroid dienone is 4. The van der Waals surface area contributed by atoms with Gasteiger partial charge in [0.05, 0.1) is 17.1 Å². The van der Waals surface area contributed by atoms with Crippen molar-refractivity contribution in [2.45, 2.75) is 13.0 Å². The minimum absolute atomic E-state index is 0.296. The van der Waals surface area contributed by atoms with Crippen LogP contribution in [-0.4, -0.2) is 9.13 Å². The molecule has 0 radical (unpaired) electrons. The van der Waals surface area contributed by atoms with Gasteiger partial charge in [-0.2, -0.15) is 0 Å². The van der Waals surface area contributed by atoms with E-state index in [2.05, 4.69) is 180 Å². The molecular formula is C45H32N2. The summed E-state index contributed by atoms with van der Waals surface area (Å²) in [4.78, 5) is 0. The molecule has 2 unspecified atom stereocenters. The van der Waals surface area contributed by atoms with Gasteiger partial charge in [-0.3, -0.25) is 0 Å². The Morgan fingerprint density at radius 1 is 0.426 bits per heavy atom. The van der Waals surface area contributed by atoms with E-state index in [0.717, 1.165) is 0 Å². The van der Waals surface area contributed by atoms with Crippen molar-refractivity contribution in [2.75, 3.05) is 0 Å². The number of rotatable bonds is 3. The van der Waals surface area contributed by atoms with Crippen molar-refractivity contribution in [1.29, 1.82) is 0 Å². The monoisotopic (exact) mass is 600 g/mol. The Hall–Kier alpha value is -5.86. The molecule has 2 atom stereocenters. The fraction of sp³-hybridized carbons (Fsp3) is 0.0667. The lowest BCUT2D eigenvalue weighted by Gasteiger charge is -2.24. The Balaban J connectivity index is 1.15. The molecule has 10 rings (SSSR count). The van der Waals surface area contributed by atoms with E-state index < -0.39 is 0 Å². The van der Waals surface area contributed by atoms with Crippen molar-refractivity contribution in [2.24, 2.45) is 5.92 Å². The van der Waals surface area contributed by atoms with Crippen LogP contribution in [0.3, 0.4) is 0 Å². The normalized spacial score (nSPS) is 16.4. The number of aromatic nitrogens is 2. The zero-order chi connectivity index (χ0) is 31.1. The van der Waals surface area contributed by atoms with Crippen molar-refractivity contribution in [3.05, 3.63) is 164 Å². The third-order valence-corrected chi connectivity index (χ3v) is 10.4. The highest BCUT2D eigenvalue weighted by atomic mass is 15.0. The molecule has 0 spiro atoms. The molecule has 7 aromatic carbocycles. The molecule has 47 heavy (non-hydrogen) atoms. The summed E-state index contributed by atoms with van der Waals surface area (Å²) in [6, 6.07) is 52.0. The van der Waals surface area contributed by atoms with Crippen LogP contribution in [0.25, 0.3) is 82.0 Å². The highest BCUT2D eigenvalue weighted by Crippen LogP contribution is 2.40. The van der Waals surface area contributed by atoms with Crippen molar-refractivity contribution in [1.82, 2.24) is 9.13 Å². The minimum atomic E-state index is 0.296. The quantitative estimate of drug-likeness (QED) is 0.179. The minimum Gasteiger partial charge on any atom is -0.333 e. The Morgan fingerprint density at radius 3 is 1.81 bits per heavy atom. The van der Waals surface area contributed by atoms with Gasteiger partial charge in [-0.05, 0) is 87.1 Å². The Labute approximate surface area is 273 Å². The van der Waals surface area contributed by atoms with Gasteiger partial charge in [-0.25, -0.2) is 0 Å². The van der Waals surface area contributed by atoms with E-state index in [9.17, 15) is 0 Å². The molecule has 2 nitrogen and oxygen atoms in total. The van der Waals surface area contributed by atoms with Crippen molar-refractivity contribution in [3.63, 3.8) is 0 Å². The molecule has 1 aliphatic carbocycles. The van der Waals surface area contributed by atoms with Crippen molar-refractivity contribution >= 4 is 65.2 Å². The second kappa shape index (κ2) is 10.1. The molecule has 0 fully saturated rings. The third kappa shape index (κ3) is 3.91. The van der Waals surface area contributed by atoms with Crippen LogP contribution in [0.1, 0.15) is 13.0 Å². The van der Waals surface area contributed by atoms with Crippen LogP contribution < -0.4 is 0 Å². The molecular weight excluding hydrogens is 569 g/mol. The molecule has 0 aliphatic heterocycles. The van der Waals surface area contributed by atoms with E-state index in [0.29, 0.717) is 12.0 Å². The summed E-state index contributed by atoms with van der Waals surface area (Å²) in [7, 11) is 0. The van der Waals surface area contributed by atoms with Gasteiger partial charge in [0.15, 0.2) is 0 Å². The topological polar surface area (TPSA) is 9.86 Å². The molecule has 2 heterocycles. The average Bonchev–Trinajstić information content (AvgIpc) is 3.64. The van der Waals surface area contributed by atoms with E-state index in [1.54, 1.807) is 0 Å². The molecule has 222 valence electrons. The number of fused-ring (bicyclic) bond motifs is 9. The Kier molecular flexibility index (Phi) is 5.65. The first-order chi connectivity index (χ1) is 23.2. The third-order valence-electron chi connectivity index (χ3n) is 10.4. The summed E-state index contributed by atoms with van der Waals surface area (Å²) in [6.07, 6.45) is 9.00. The average molecular weight is 601 g/mol. The second-order valence-corrected chi connectivity index (χ2v) is 13.0. The lowest BCUT2D eigenvalue weighted by atomic mass is 9.96. The van der Waals surface area contributed by atoms with Gasteiger partial charge in [-0.15, -0.1) is 0 Å². The van der Waals surface area contributed by atoms with Crippen LogP contribution in [0, 0.1) is 5.92 Å².